The first kappa shape index (κ1) is 20.6. The number of nitrogens with one attached hydrogen (secondary N) is 1. The molecule has 0 heterocycles. The molecule has 2 rings (SSSR count). The van der Waals surface area contributed by atoms with Crippen LogP contribution in [0.5, 0.6) is 5.75 Å². The molecule has 1 aliphatic carbocycles. The van der Waals surface area contributed by atoms with Crippen molar-refractivity contribution in [3.05, 3.63) is 28.8 Å². The maximum absolute atomic E-state index is 12.7. The molecule has 1 fully saturated rings. The third-order valence-corrected chi connectivity index (χ3v) is 5.60. The molecule has 0 saturated heterocycles. The summed E-state index contributed by atoms with van der Waals surface area (Å²) < 4.78 is 10.3. The van der Waals surface area contributed by atoms with Crippen LogP contribution in [0, 0.1) is 11.3 Å². The van der Waals surface area contributed by atoms with Crippen LogP contribution >= 0.6 is 11.6 Å². The van der Waals surface area contributed by atoms with Gasteiger partial charge in [0.05, 0.1) is 29.7 Å². The second-order valence-corrected chi connectivity index (χ2v) is 7.90. The molecule has 1 aliphatic rings. The van der Waals surface area contributed by atoms with Crippen molar-refractivity contribution < 1.29 is 19.1 Å². The second kappa shape index (κ2) is 7.87. The average Bonchev–Trinajstić information content (AvgIpc) is 3.36. The Labute approximate surface area is 160 Å². The number of methoxy groups -OCH3 is 1. The maximum Gasteiger partial charge on any atom is 0.313 e. The smallest absolute Gasteiger partial charge is 0.313 e. The van der Waals surface area contributed by atoms with E-state index in [1.54, 1.807) is 20.1 Å². The zero-order valence-corrected chi connectivity index (χ0v) is 16.9. The molecule has 1 aromatic rings. The lowest BCUT2D eigenvalue weighted by atomic mass is 9.81. The van der Waals surface area contributed by atoms with Gasteiger partial charge in [-0.15, -0.1) is 0 Å². The summed E-state index contributed by atoms with van der Waals surface area (Å²) in [5, 5.41) is 3.63. The Morgan fingerprint density at radius 2 is 2.00 bits per heavy atom. The number of hydrogen-bond donors (Lipinski definition) is 1. The first-order chi connectivity index (χ1) is 12.2. The number of hydrogen-bond acceptors (Lipinski definition) is 4. The molecular formula is C20H28ClNO4. The molecule has 144 valence electrons. The van der Waals surface area contributed by atoms with Gasteiger partial charge in [-0.3, -0.25) is 9.59 Å². The molecule has 0 spiro atoms. The van der Waals surface area contributed by atoms with Gasteiger partial charge in [0, 0.05) is 5.92 Å². The molecule has 6 heteroatoms. The molecule has 5 nitrogen and oxygen atoms in total. The summed E-state index contributed by atoms with van der Waals surface area (Å²) in [6, 6.07) is 5.53. The van der Waals surface area contributed by atoms with Crippen LogP contribution in [0.4, 0.5) is 0 Å². The number of rotatable bonds is 8. The van der Waals surface area contributed by atoms with Gasteiger partial charge in [0.1, 0.15) is 5.75 Å². The quantitative estimate of drug-likeness (QED) is 0.696. The van der Waals surface area contributed by atoms with Gasteiger partial charge in [-0.25, -0.2) is 0 Å². The van der Waals surface area contributed by atoms with Crippen LogP contribution in [-0.2, 0) is 20.7 Å². The monoisotopic (exact) mass is 381 g/mol. The number of carbonyl (C=O) groups is 2. The van der Waals surface area contributed by atoms with Crippen LogP contribution in [0.15, 0.2) is 18.2 Å². The lowest BCUT2D eigenvalue weighted by Crippen LogP contribution is -2.53. The van der Waals surface area contributed by atoms with Gasteiger partial charge in [0.2, 0.25) is 5.91 Å². The van der Waals surface area contributed by atoms with Crippen molar-refractivity contribution in [2.45, 2.75) is 52.5 Å². The van der Waals surface area contributed by atoms with Crippen LogP contribution < -0.4 is 10.1 Å². The van der Waals surface area contributed by atoms with Crippen LogP contribution in [0.3, 0.4) is 0 Å². The van der Waals surface area contributed by atoms with Crippen molar-refractivity contribution in [3.8, 4) is 5.75 Å². The van der Waals surface area contributed by atoms with E-state index in [1.807, 2.05) is 32.9 Å². The Bertz CT molecular complexity index is 682. The fraction of sp³-hybridized carbons (Fsp3) is 0.600. The van der Waals surface area contributed by atoms with Gasteiger partial charge in [-0.1, -0.05) is 24.6 Å². The van der Waals surface area contributed by atoms with E-state index in [9.17, 15) is 9.59 Å². The fourth-order valence-electron chi connectivity index (χ4n) is 3.18. The minimum atomic E-state index is -0.748. The molecule has 0 bridgehead atoms. The predicted molar refractivity (Wildman–Crippen MR) is 101 cm³/mol. The number of benzene rings is 1. The molecular weight excluding hydrogens is 354 g/mol. The maximum atomic E-state index is 12.7. The lowest BCUT2D eigenvalue weighted by Gasteiger charge is -2.34. The molecule has 0 aromatic heterocycles. The highest BCUT2D eigenvalue weighted by Gasteiger charge is 2.60. The number of halogens is 1. The Kier molecular flexibility index (Phi) is 6.22. The van der Waals surface area contributed by atoms with Crippen LogP contribution in [0.25, 0.3) is 0 Å². The average molecular weight is 382 g/mol. The molecule has 0 aliphatic heterocycles. The Morgan fingerprint density at radius 1 is 1.35 bits per heavy atom. The van der Waals surface area contributed by atoms with E-state index >= 15 is 0 Å². The van der Waals surface area contributed by atoms with Gasteiger partial charge in [-0.2, -0.15) is 0 Å². The van der Waals surface area contributed by atoms with Crippen molar-refractivity contribution in [2.24, 2.45) is 11.3 Å². The Hall–Kier alpha value is -1.75. The fourth-order valence-corrected chi connectivity index (χ4v) is 3.46. The first-order valence-corrected chi connectivity index (χ1v) is 9.36. The van der Waals surface area contributed by atoms with E-state index in [0.717, 1.165) is 18.4 Å². The molecule has 1 amide bonds. The highest BCUT2D eigenvalue weighted by atomic mass is 35.5. The normalized spacial score (nSPS) is 16.5. The van der Waals surface area contributed by atoms with E-state index < -0.39 is 11.0 Å². The number of ether oxygens (including phenoxy) is 2. The standard InChI is InChI=1S/C20H28ClNO4/c1-6-26-18(24)19(3,4)20(9-10-20)22-17(23)13(2)11-14-7-8-16(25-5)15(21)12-14/h7-8,12-13H,6,9-11H2,1-5H3,(H,22,23). The lowest BCUT2D eigenvalue weighted by molar-refractivity contribution is -0.156. The van der Waals surface area contributed by atoms with Gasteiger partial charge in [0.25, 0.3) is 0 Å². The van der Waals surface area contributed by atoms with Crippen LogP contribution in [0.1, 0.15) is 46.1 Å². The Morgan fingerprint density at radius 3 is 2.50 bits per heavy atom. The van der Waals surface area contributed by atoms with Gasteiger partial charge >= 0.3 is 5.97 Å². The van der Waals surface area contributed by atoms with Crippen molar-refractivity contribution in [3.63, 3.8) is 0 Å². The van der Waals surface area contributed by atoms with Gasteiger partial charge < -0.3 is 14.8 Å². The molecule has 1 unspecified atom stereocenters. The van der Waals surface area contributed by atoms with E-state index in [1.165, 1.54) is 0 Å². The van der Waals surface area contributed by atoms with Gasteiger partial charge in [-0.05, 0) is 57.7 Å². The van der Waals surface area contributed by atoms with Crippen LogP contribution in [0.2, 0.25) is 5.02 Å². The van der Waals surface area contributed by atoms with E-state index in [2.05, 4.69) is 5.32 Å². The zero-order valence-electron chi connectivity index (χ0n) is 16.1. The molecule has 1 atom stereocenters. The number of carbonyl (C=O) groups excluding carboxylic acids is 2. The molecule has 1 aromatic carbocycles. The second-order valence-electron chi connectivity index (χ2n) is 7.49. The zero-order chi connectivity index (χ0) is 19.5. The van der Waals surface area contributed by atoms with Gasteiger partial charge in [0.15, 0.2) is 0 Å². The number of esters is 1. The third kappa shape index (κ3) is 4.14. The summed E-state index contributed by atoms with van der Waals surface area (Å²) in [5.74, 6) is 0.0368. The van der Waals surface area contributed by atoms with E-state index in [-0.39, 0.29) is 17.8 Å². The topological polar surface area (TPSA) is 64.6 Å². The van der Waals surface area contributed by atoms with Crippen molar-refractivity contribution in [2.75, 3.05) is 13.7 Å². The molecule has 1 N–H and O–H groups in total. The summed E-state index contributed by atoms with van der Waals surface area (Å²) in [7, 11) is 1.57. The van der Waals surface area contributed by atoms with E-state index in [0.29, 0.717) is 23.8 Å². The van der Waals surface area contributed by atoms with Crippen LogP contribution in [-0.4, -0.2) is 31.1 Å². The molecule has 26 heavy (non-hydrogen) atoms. The molecule has 0 radical (unpaired) electrons. The van der Waals surface area contributed by atoms with Crippen molar-refractivity contribution >= 4 is 23.5 Å². The summed E-state index contributed by atoms with van der Waals surface area (Å²) in [6.07, 6.45) is 2.13. The molecule has 1 saturated carbocycles. The SMILES string of the molecule is CCOC(=O)C(C)(C)C1(NC(=O)C(C)Cc2ccc(OC)c(Cl)c2)CC1. The minimum absolute atomic E-state index is 0.0631. The third-order valence-electron chi connectivity index (χ3n) is 5.30. The highest BCUT2D eigenvalue weighted by molar-refractivity contribution is 6.32. The van der Waals surface area contributed by atoms with Crippen molar-refractivity contribution in [1.82, 2.24) is 5.32 Å². The summed E-state index contributed by atoms with van der Waals surface area (Å²) in [6.45, 7) is 7.67. The van der Waals surface area contributed by atoms with Crippen molar-refractivity contribution in [1.29, 1.82) is 0 Å². The largest absolute Gasteiger partial charge is 0.495 e. The van der Waals surface area contributed by atoms with E-state index in [4.69, 9.17) is 21.1 Å². The summed E-state index contributed by atoms with van der Waals surface area (Å²) >= 11 is 6.16. The highest BCUT2D eigenvalue weighted by Crippen LogP contribution is 2.50. The number of amides is 1. The summed E-state index contributed by atoms with van der Waals surface area (Å²) in [5.41, 5.74) is -0.294. The first-order valence-electron chi connectivity index (χ1n) is 8.98. The predicted octanol–water partition coefficient (Wildman–Crippen LogP) is 3.77. The summed E-state index contributed by atoms with van der Waals surface area (Å²) in [4.78, 5) is 25.0. The Balaban J connectivity index is 2.03. The minimum Gasteiger partial charge on any atom is -0.495 e.